The van der Waals surface area contributed by atoms with Gasteiger partial charge in [-0.15, -0.1) is 0 Å². The third kappa shape index (κ3) is 5.28. The van der Waals surface area contributed by atoms with E-state index in [-0.39, 0.29) is 24.0 Å². The first-order valence-corrected chi connectivity index (χ1v) is 9.97. The van der Waals surface area contributed by atoms with Crippen LogP contribution in [-0.2, 0) is 15.6 Å². The zero-order valence-electron chi connectivity index (χ0n) is 14.4. The van der Waals surface area contributed by atoms with E-state index in [0.29, 0.717) is 24.0 Å². The van der Waals surface area contributed by atoms with Crippen molar-refractivity contribution in [2.45, 2.75) is 58.0 Å². The van der Waals surface area contributed by atoms with Crippen LogP contribution in [0.5, 0.6) is 0 Å². The number of carbonyl (C=O) groups is 2. The van der Waals surface area contributed by atoms with Crippen LogP contribution < -0.4 is 10.6 Å². The van der Waals surface area contributed by atoms with Crippen LogP contribution >= 0.6 is 0 Å². The summed E-state index contributed by atoms with van der Waals surface area (Å²) in [7, 11) is -0.818. The third-order valence-corrected chi connectivity index (χ3v) is 6.64. The highest BCUT2D eigenvalue weighted by Gasteiger charge is 2.34. The van der Waals surface area contributed by atoms with E-state index in [0.717, 1.165) is 19.3 Å². The highest BCUT2D eigenvalue weighted by molar-refractivity contribution is 7.85. The molecule has 2 N–H and O–H groups in total. The first-order valence-electron chi connectivity index (χ1n) is 8.48. The van der Waals surface area contributed by atoms with Gasteiger partial charge >= 0.3 is 6.03 Å². The Morgan fingerprint density at radius 2 is 1.96 bits per heavy atom. The summed E-state index contributed by atoms with van der Waals surface area (Å²) < 4.78 is 11.7. The standard InChI is InChI=1S/C16H29N3O3S/c1-12-6-4-5-7-13(12)17-15(21)18-14(20)10-19-8-9-23(22)11-16(19,2)3/h12-13H,4-11H2,1-3H3,(H2,17,18,20,21)/t12-,13-,23-/m1/s1. The average Bonchev–Trinajstić information content (AvgIpc) is 2.44. The van der Waals surface area contributed by atoms with Gasteiger partial charge in [0.1, 0.15) is 0 Å². The van der Waals surface area contributed by atoms with Crippen molar-refractivity contribution >= 4 is 22.7 Å². The Morgan fingerprint density at radius 1 is 1.26 bits per heavy atom. The fourth-order valence-corrected chi connectivity index (χ4v) is 4.98. The maximum atomic E-state index is 12.1. The van der Waals surface area contributed by atoms with Gasteiger partial charge in [0.15, 0.2) is 0 Å². The van der Waals surface area contributed by atoms with Crippen molar-refractivity contribution in [3.05, 3.63) is 0 Å². The molecule has 3 atom stereocenters. The van der Waals surface area contributed by atoms with E-state index in [1.807, 2.05) is 18.7 Å². The van der Waals surface area contributed by atoms with Gasteiger partial charge in [0.05, 0.1) is 6.54 Å². The number of amides is 3. The summed E-state index contributed by atoms with van der Waals surface area (Å²) in [4.78, 5) is 26.1. The number of nitrogens with zero attached hydrogens (tertiary/aromatic N) is 1. The Morgan fingerprint density at radius 3 is 2.61 bits per heavy atom. The molecule has 0 spiro atoms. The summed E-state index contributed by atoms with van der Waals surface area (Å²) in [6, 6.07) is -0.238. The number of carbonyl (C=O) groups excluding carboxylic acids is 2. The molecule has 1 aliphatic heterocycles. The predicted molar refractivity (Wildman–Crippen MR) is 91.6 cm³/mol. The molecule has 132 valence electrons. The normalized spacial score (nSPS) is 31.3. The number of nitrogens with one attached hydrogen (secondary N) is 2. The van der Waals surface area contributed by atoms with Gasteiger partial charge in [-0.1, -0.05) is 19.8 Å². The predicted octanol–water partition coefficient (Wildman–Crippen LogP) is 1.23. The van der Waals surface area contributed by atoms with Crippen LogP contribution in [0.4, 0.5) is 4.79 Å². The first-order chi connectivity index (χ1) is 10.8. The van der Waals surface area contributed by atoms with E-state index < -0.39 is 16.8 Å². The molecule has 2 fully saturated rings. The highest BCUT2D eigenvalue weighted by atomic mass is 32.2. The van der Waals surface area contributed by atoms with Crippen molar-refractivity contribution in [2.24, 2.45) is 5.92 Å². The molecule has 1 saturated carbocycles. The highest BCUT2D eigenvalue weighted by Crippen LogP contribution is 2.23. The molecular formula is C16H29N3O3S. The number of urea groups is 1. The minimum atomic E-state index is -0.818. The van der Waals surface area contributed by atoms with E-state index in [4.69, 9.17) is 0 Å². The van der Waals surface area contributed by atoms with Crippen molar-refractivity contribution in [1.29, 1.82) is 0 Å². The maximum absolute atomic E-state index is 12.1. The lowest BCUT2D eigenvalue weighted by atomic mass is 9.86. The van der Waals surface area contributed by atoms with Gasteiger partial charge in [0.25, 0.3) is 0 Å². The van der Waals surface area contributed by atoms with E-state index in [1.54, 1.807) is 0 Å². The summed E-state index contributed by atoms with van der Waals surface area (Å²) in [5, 5.41) is 5.36. The summed E-state index contributed by atoms with van der Waals surface area (Å²) in [6.07, 6.45) is 4.44. The molecule has 7 heteroatoms. The van der Waals surface area contributed by atoms with Crippen LogP contribution in [0.1, 0.15) is 46.5 Å². The maximum Gasteiger partial charge on any atom is 0.321 e. The topological polar surface area (TPSA) is 78.5 Å². The molecular weight excluding hydrogens is 314 g/mol. The molecule has 0 aromatic rings. The molecule has 0 aromatic heterocycles. The Bertz CT molecular complexity index is 481. The smallest absolute Gasteiger partial charge is 0.321 e. The van der Waals surface area contributed by atoms with Crippen molar-refractivity contribution in [3.8, 4) is 0 Å². The number of imide groups is 1. The van der Waals surface area contributed by atoms with E-state index in [1.165, 1.54) is 6.42 Å². The molecule has 1 heterocycles. The number of hydrogen-bond acceptors (Lipinski definition) is 4. The molecule has 0 bridgehead atoms. The zero-order chi connectivity index (χ0) is 17.0. The molecule has 1 saturated heterocycles. The van der Waals surface area contributed by atoms with Crippen molar-refractivity contribution in [3.63, 3.8) is 0 Å². The van der Waals surface area contributed by atoms with Gasteiger partial charge < -0.3 is 5.32 Å². The third-order valence-electron chi connectivity index (χ3n) is 4.97. The van der Waals surface area contributed by atoms with Crippen molar-refractivity contribution < 1.29 is 13.8 Å². The Balaban J connectivity index is 1.79. The van der Waals surface area contributed by atoms with Crippen LogP contribution in [0.25, 0.3) is 0 Å². The minimum absolute atomic E-state index is 0.158. The summed E-state index contributed by atoms with van der Waals surface area (Å²) in [5.74, 6) is 1.31. The zero-order valence-corrected chi connectivity index (χ0v) is 15.2. The largest absolute Gasteiger partial charge is 0.335 e. The fourth-order valence-electron chi connectivity index (χ4n) is 3.44. The van der Waals surface area contributed by atoms with Gasteiger partial charge in [0.2, 0.25) is 5.91 Å². The van der Waals surface area contributed by atoms with Gasteiger partial charge in [-0.05, 0) is 32.6 Å². The van der Waals surface area contributed by atoms with Crippen LogP contribution in [0.15, 0.2) is 0 Å². The molecule has 1 aliphatic carbocycles. The average molecular weight is 343 g/mol. The van der Waals surface area contributed by atoms with Crippen LogP contribution in [0.3, 0.4) is 0 Å². The molecule has 2 aliphatic rings. The number of hydrogen-bond donors (Lipinski definition) is 2. The molecule has 0 aromatic carbocycles. The second-order valence-electron chi connectivity index (χ2n) is 7.41. The molecule has 0 radical (unpaired) electrons. The number of rotatable bonds is 3. The van der Waals surface area contributed by atoms with E-state index in [9.17, 15) is 13.8 Å². The van der Waals surface area contributed by atoms with E-state index in [2.05, 4.69) is 17.6 Å². The van der Waals surface area contributed by atoms with Crippen molar-refractivity contribution in [1.82, 2.24) is 15.5 Å². The molecule has 6 nitrogen and oxygen atoms in total. The molecule has 3 amide bonds. The second-order valence-corrected chi connectivity index (χ2v) is 8.99. The first kappa shape index (κ1) is 18.4. The molecule has 2 rings (SSSR count). The van der Waals surface area contributed by atoms with E-state index >= 15 is 0 Å². The summed E-state index contributed by atoms with van der Waals surface area (Å²) in [6.45, 7) is 6.90. The quantitative estimate of drug-likeness (QED) is 0.808. The van der Waals surface area contributed by atoms with Gasteiger partial charge in [-0.3, -0.25) is 19.2 Å². The second kappa shape index (κ2) is 7.75. The Labute approximate surface area is 141 Å². The summed E-state index contributed by atoms with van der Waals surface area (Å²) in [5.41, 5.74) is -0.283. The monoisotopic (exact) mass is 343 g/mol. The fraction of sp³-hybridized carbons (Fsp3) is 0.875. The lowest BCUT2D eigenvalue weighted by molar-refractivity contribution is -0.122. The lowest BCUT2D eigenvalue weighted by Gasteiger charge is -2.41. The van der Waals surface area contributed by atoms with Gasteiger partial charge in [-0.2, -0.15) is 0 Å². The Hall–Kier alpha value is -0.950. The van der Waals surface area contributed by atoms with Crippen LogP contribution in [-0.4, -0.2) is 57.2 Å². The van der Waals surface area contributed by atoms with Gasteiger partial charge in [-0.25, -0.2) is 4.79 Å². The van der Waals surface area contributed by atoms with Crippen LogP contribution in [0.2, 0.25) is 0 Å². The van der Waals surface area contributed by atoms with Crippen LogP contribution in [0, 0.1) is 5.92 Å². The molecule has 0 unspecified atom stereocenters. The lowest BCUT2D eigenvalue weighted by Crippen LogP contribution is -2.57. The van der Waals surface area contributed by atoms with Crippen molar-refractivity contribution in [2.75, 3.05) is 24.6 Å². The Kier molecular flexibility index (Phi) is 6.19. The SMILES string of the molecule is C[C@@H]1CCCC[C@H]1NC(=O)NC(=O)CN1CC[S@@](=O)CC1(C)C. The minimum Gasteiger partial charge on any atom is -0.335 e. The van der Waals surface area contributed by atoms with Gasteiger partial charge in [0, 0.05) is 40.4 Å². The molecule has 23 heavy (non-hydrogen) atoms. The summed E-state index contributed by atoms with van der Waals surface area (Å²) >= 11 is 0.